The molecule has 2 N–H and O–H groups in total. The molecular weight excluding hydrogens is 230 g/mol. The van der Waals surface area contributed by atoms with E-state index in [1.165, 1.54) is 0 Å². The monoisotopic (exact) mass is 253 g/mol. The molecule has 4 heteroatoms. The quantitative estimate of drug-likeness (QED) is 0.684. The highest BCUT2D eigenvalue weighted by Gasteiger charge is 2.01. The molecule has 0 fully saturated rings. The maximum atomic E-state index is 5.55. The zero-order valence-electron chi connectivity index (χ0n) is 11.2. The van der Waals surface area contributed by atoms with Gasteiger partial charge in [0.2, 0.25) is 0 Å². The van der Waals surface area contributed by atoms with Crippen molar-refractivity contribution in [2.24, 2.45) is 5.73 Å². The summed E-state index contributed by atoms with van der Waals surface area (Å²) in [4.78, 5) is 0. The Morgan fingerprint density at radius 2 is 1.89 bits per heavy atom. The fraction of sp³-hybridized carbons (Fsp3) is 0.571. The van der Waals surface area contributed by atoms with Crippen molar-refractivity contribution < 1.29 is 14.2 Å². The van der Waals surface area contributed by atoms with Gasteiger partial charge in [-0.2, -0.15) is 0 Å². The van der Waals surface area contributed by atoms with Crippen LogP contribution in [0.3, 0.4) is 0 Å². The minimum absolute atomic E-state index is 0.105. The lowest BCUT2D eigenvalue weighted by molar-refractivity contribution is -0.0128. The van der Waals surface area contributed by atoms with Crippen LogP contribution >= 0.6 is 0 Å². The Labute approximate surface area is 109 Å². The van der Waals surface area contributed by atoms with E-state index in [0.29, 0.717) is 26.4 Å². The first-order valence-electron chi connectivity index (χ1n) is 6.37. The summed E-state index contributed by atoms with van der Waals surface area (Å²) in [6.45, 7) is 6.97. The normalized spacial score (nSPS) is 12.4. The van der Waals surface area contributed by atoms with Gasteiger partial charge in [0, 0.05) is 13.2 Å². The van der Waals surface area contributed by atoms with Crippen molar-refractivity contribution in [3.05, 3.63) is 29.8 Å². The standard InChI is InChI=1S/C14H23NO3/c1-3-16-11-12(2)17-8-9-18-14-6-4-13(10-15)5-7-14/h4-7,12H,3,8-11,15H2,1-2H3. The Kier molecular flexibility index (Phi) is 7.41. The van der Waals surface area contributed by atoms with Crippen molar-refractivity contribution in [2.75, 3.05) is 26.4 Å². The van der Waals surface area contributed by atoms with Crippen LogP contribution in [0.1, 0.15) is 19.4 Å². The number of hydrogen-bond acceptors (Lipinski definition) is 4. The molecule has 0 aliphatic carbocycles. The topological polar surface area (TPSA) is 53.7 Å². The highest BCUT2D eigenvalue weighted by atomic mass is 16.5. The summed E-state index contributed by atoms with van der Waals surface area (Å²) in [6, 6.07) is 7.78. The molecular formula is C14H23NO3. The minimum Gasteiger partial charge on any atom is -0.491 e. The van der Waals surface area contributed by atoms with Gasteiger partial charge in [-0.1, -0.05) is 12.1 Å². The highest BCUT2D eigenvalue weighted by Crippen LogP contribution is 2.11. The number of nitrogens with two attached hydrogens (primary N) is 1. The summed E-state index contributed by atoms with van der Waals surface area (Å²) in [7, 11) is 0. The molecule has 0 aliphatic rings. The molecule has 18 heavy (non-hydrogen) atoms. The van der Waals surface area contributed by atoms with Crippen LogP contribution in [0.25, 0.3) is 0 Å². The van der Waals surface area contributed by atoms with Gasteiger partial charge in [-0.15, -0.1) is 0 Å². The summed E-state index contributed by atoms with van der Waals surface area (Å²) in [5.74, 6) is 0.841. The summed E-state index contributed by atoms with van der Waals surface area (Å²) in [6.07, 6.45) is 0.105. The smallest absolute Gasteiger partial charge is 0.119 e. The average molecular weight is 253 g/mol. The Morgan fingerprint density at radius 1 is 1.17 bits per heavy atom. The van der Waals surface area contributed by atoms with Crippen molar-refractivity contribution in [1.29, 1.82) is 0 Å². The van der Waals surface area contributed by atoms with Gasteiger partial charge in [-0.3, -0.25) is 0 Å². The van der Waals surface area contributed by atoms with Gasteiger partial charge in [0.1, 0.15) is 12.4 Å². The molecule has 1 aromatic carbocycles. The predicted octanol–water partition coefficient (Wildman–Crippen LogP) is 1.97. The molecule has 0 saturated heterocycles. The molecule has 0 spiro atoms. The third kappa shape index (κ3) is 6.00. The molecule has 1 aromatic rings. The fourth-order valence-electron chi connectivity index (χ4n) is 1.46. The van der Waals surface area contributed by atoms with E-state index in [4.69, 9.17) is 19.9 Å². The Morgan fingerprint density at radius 3 is 2.50 bits per heavy atom. The lowest BCUT2D eigenvalue weighted by atomic mass is 10.2. The first-order valence-corrected chi connectivity index (χ1v) is 6.37. The van der Waals surface area contributed by atoms with Crippen molar-refractivity contribution in [2.45, 2.75) is 26.5 Å². The van der Waals surface area contributed by atoms with Gasteiger partial charge in [0.05, 0.1) is 19.3 Å². The fourth-order valence-corrected chi connectivity index (χ4v) is 1.46. The van der Waals surface area contributed by atoms with Gasteiger partial charge >= 0.3 is 0 Å². The van der Waals surface area contributed by atoms with Gasteiger partial charge < -0.3 is 19.9 Å². The molecule has 0 radical (unpaired) electrons. The van der Waals surface area contributed by atoms with E-state index in [0.717, 1.165) is 17.9 Å². The lowest BCUT2D eigenvalue weighted by Gasteiger charge is -2.13. The first-order chi connectivity index (χ1) is 8.76. The van der Waals surface area contributed by atoms with E-state index in [-0.39, 0.29) is 6.10 Å². The summed E-state index contributed by atoms with van der Waals surface area (Å²) in [5, 5.41) is 0. The van der Waals surface area contributed by atoms with Crippen LogP contribution in [-0.4, -0.2) is 32.5 Å². The average Bonchev–Trinajstić information content (AvgIpc) is 2.42. The SMILES string of the molecule is CCOCC(C)OCCOc1ccc(CN)cc1. The van der Waals surface area contributed by atoms with E-state index in [1.807, 2.05) is 38.1 Å². The van der Waals surface area contributed by atoms with Gasteiger partial charge in [-0.05, 0) is 31.5 Å². The summed E-state index contributed by atoms with van der Waals surface area (Å²) >= 11 is 0. The lowest BCUT2D eigenvalue weighted by Crippen LogP contribution is -2.19. The molecule has 102 valence electrons. The van der Waals surface area contributed by atoms with Crippen LogP contribution in [0.15, 0.2) is 24.3 Å². The molecule has 0 aromatic heterocycles. The molecule has 0 amide bonds. The molecule has 0 aliphatic heterocycles. The number of rotatable bonds is 9. The van der Waals surface area contributed by atoms with Gasteiger partial charge in [-0.25, -0.2) is 0 Å². The maximum absolute atomic E-state index is 5.55. The molecule has 1 unspecified atom stereocenters. The van der Waals surface area contributed by atoms with Crippen LogP contribution in [-0.2, 0) is 16.0 Å². The van der Waals surface area contributed by atoms with Gasteiger partial charge in [0.25, 0.3) is 0 Å². The Bertz CT molecular complexity index is 313. The zero-order valence-corrected chi connectivity index (χ0v) is 11.2. The van der Waals surface area contributed by atoms with Gasteiger partial charge in [0.15, 0.2) is 0 Å². The number of hydrogen-bond donors (Lipinski definition) is 1. The number of ether oxygens (including phenoxy) is 3. The second-order valence-corrected chi connectivity index (χ2v) is 4.04. The van der Waals surface area contributed by atoms with E-state index < -0.39 is 0 Å². The predicted molar refractivity (Wildman–Crippen MR) is 71.7 cm³/mol. The van der Waals surface area contributed by atoms with Crippen molar-refractivity contribution in [3.8, 4) is 5.75 Å². The second-order valence-electron chi connectivity index (χ2n) is 4.04. The van der Waals surface area contributed by atoms with Crippen LogP contribution < -0.4 is 10.5 Å². The van der Waals surface area contributed by atoms with Crippen LogP contribution in [0.2, 0.25) is 0 Å². The third-order valence-electron chi connectivity index (χ3n) is 2.47. The Hall–Kier alpha value is -1.10. The van der Waals surface area contributed by atoms with Crippen LogP contribution in [0.5, 0.6) is 5.75 Å². The largest absolute Gasteiger partial charge is 0.491 e. The molecule has 0 saturated carbocycles. The zero-order chi connectivity index (χ0) is 13.2. The van der Waals surface area contributed by atoms with Crippen molar-refractivity contribution >= 4 is 0 Å². The van der Waals surface area contributed by atoms with Crippen LogP contribution in [0, 0.1) is 0 Å². The highest BCUT2D eigenvalue weighted by molar-refractivity contribution is 5.26. The third-order valence-corrected chi connectivity index (χ3v) is 2.47. The van der Waals surface area contributed by atoms with E-state index in [2.05, 4.69) is 0 Å². The minimum atomic E-state index is 0.105. The van der Waals surface area contributed by atoms with Crippen LogP contribution in [0.4, 0.5) is 0 Å². The second kappa shape index (κ2) is 8.91. The van der Waals surface area contributed by atoms with Crippen molar-refractivity contribution in [3.63, 3.8) is 0 Å². The summed E-state index contributed by atoms with van der Waals surface area (Å²) in [5.41, 5.74) is 6.62. The Balaban J connectivity index is 2.13. The maximum Gasteiger partial charge on any atom is 0.119 e. The van der Waals surface area contributed by atoms with E-state index in [9.17, 15) is 0 Å². The van der Waals surface area contributed by atoms with E-state index >= 15 is 0 Å². The van der Waals surface area contributed by atoms with E-state index in [1.54, 1.807) is 0 Å². The number of benzene rings is 1. The summed E-state index contributed by atoms with van der Waals surface area (Å²) < 4.78 is 16.4. The molecule has 1 atom stereocenters. The molecule has 0 bridgehead atoms. The first kappa shape index (κ1) is 15.0. The molecule has 0 heterocycles. The molecule has 4 nitrogen and oxygen atoms in total. The van der Waals surface area contributed by atoms with Crippen molar-refractivity contribution in [1.82, 2.24) is 0 Å². The molecule has 1 rings (SSSR count).